The first-order valence-electron chi connectivity index (χ1n) is 7.15. The lowest BCUT2D eigenvalue weighted by Crippen LogP contribution is -2.35. The van der Waals surface area contributed by atoms with Gasteiger partial charge in [0.2, 0.25) is 0 Å². The molecule has 7 nitrogen and oxygen atoms in total. The van der Waals surface area contributed by atoms with Crippen molar-refractivity contribution in [1.82, 2.24) is 20.5 Å². The van der Waals surface area contributed by atoms with E-state index >= 15 is 0 Å². The molecular formula is C15H13F2N5O2S. The van der Waals surface area contributed by atoms with E-state index in [4.69, 9.17) is 0 Å². The highest BCUT2D eigenvalue weighted by molar-refractivity contribution is 7.13. The van der Waals surface area contributed by atoms with Gasteiger partial charge in [-0.15, -0.1) is 11.3 Å². The first kappa shape index (κ1) is 17.0. The van der Waals surface area contributed by atoms with Crippen LogP contribution in [0.25, 0.3) is 10.7 Å². The zero-order chi connectivity index (χ0) is 17.8. The quantitative estimate of drug-likeness (QED) is 0.558. The molecule has 0 saturated carbocycles. The molecule has 0 saturated heterocycles. The van der Waals surface area contributed by atoms with Crippen molar-refractivity contribution in [1.29, 1.82) is 0 Å². The molecular weight excluding hydrogens is 352 g/mol. The third-order valence-electron chi connectivity index (χ3n) is 3.37. The van der Waals surface area contributed by atoms with E-state index in [1.807, 2.05) is 0 Å². The van der Waals surface area contributed by atoms with Gasteiger partial charge in [0.05, 0.1) is 24.5 Å². The van der Waals surface area contributed by atoms with Crippen molar-refractivity contribution in [3.05, 3.63) is 53.2 Å². The Morgan fingerprint density at radius 3 is 2.76 bits per heavy atom. The van der Waals surface area contributed by atoms with Crippen LogP contribution in [0.3, 0.4) is 0 Å². The van der Waals surface area contributed by atoms with Crippen molar-refractivity contribution in [2.75, 3.05) is 11.9 Å². The highest BCUT2D eigenvalue weighted by Gasteiger charge is 2.22. The van der Waals surface area contributed by atoms with E-state index in [0.29, 0.717) is 16.4 Å². The van der Waals surface area contributed by atoms with Crippen LogP contribution in [0.4, 0.5) is 19.3 Å². The molecule has 3 rings (SSSR count). The van der Waals surface area contributed by atoms with Crippen molar-refractivity contribution >= 4 is 23.1 Å². The Kier molecular flexibility index (Phi) is 5.00. The summed E-state index contributed by atoms with van der Waals surface area (Å²) in [6.07, 6.45) is 2.99. The van der Waals surface area contributed by atoms with Crippen molar-refractivity contribution < 1.29 is 18.7 Å². The molecule has 0 aliphatic heterocycles. The number of aliphatic hydroxyl groups excluding tert-OH is 1. The van der Waals surface area contributed by atoms with Gasteiger partial charge >= 0.3 is 6.03 Å². The summed E-state index contributed by atoms with van der Waals surface area (Å²) >= 11 is 1.35. The highest BCUT2D eigenvalue weighted by Crippen LogP contribution is 2.27. The molecule has 2 amide bonds. The van der Waals surface area contributed by atoms with Gasteiger partial charge in [0.25, 0.3) is 0 Å². The van der Waals surface area contributed by atoms with E-state index < -0.39 is 35.9 Å². The summed E-state index contributed by atoms with van der Waals surface area (Å²) in [6.45, 7) is -0.671. The number of halogens is 2. The number of thiazole rings is 1. The molecule has 1 aromatic carbocycles. The number of aromatic nitrogens is 3. The lowest BCUT2D eigenvalue weighted by atomic mass is 10.1. The van der Waals surface area contributed by atoms with Gasteiger partial charge < -0.3 is 15.7 Å². The Bertz CT molecular complexity index is 848. The Morgan fingerprint density at radius 1 is 1.36 bits per heavy atom. The summed E-state index contributed by atoms with van der Waals surface area (Å²) in [6, 6.07) is 1.32. The van der Waals surface area contributed by atoms with Crippen LogP contribution in [-0.2, 0) is 0 Å². The average molecular weight is 365 g/mol. The van der Waals surface area contributed by atoms with Crippen LogP contribution in [0, 0.1) is 11.6 Å². The monoisotopic (exact) mass is 365 g/mol. The van der Waals surface area contributed by atoms with Gasteiger partial charge in [0.1, 0.15) is 22.3 Å². The van der Waals surface area contributed by atoms with Crippen LogP contribution in [0.5, 0.6) is 0 Å². The largest absolute Gasteiger partial charge is 0.394 e. The molecule has 0 aliphatic rings. The number of rotatable bonds is 5. The number of carbonyl (C=O) groups is 1. The van der Waals surface area contributed by atoms with Crippen molar-refractivity contribution in [2.24, 2.45) is 0 Å². The summed E-state index contributed by atoms with van der Waals surface area (Å²) in [5.41, 5.74) is 0.438. The van der Waals surface area contributed by atoms with E-state index in [-0.39, 0.29) is 0 Å². The molecule has 4 N–H and O–H groups in total. The van der Waals surface area contributed by atoms with Crippen LogP contribution < -0.4 is 10.6 Å². The Morgan fingerprint density at radius 2 is 2.12 bits per heavy atom. The maximum Gasteiger partial charge on any atom is 0.319 e. The van der Waals surface area contributed by atoms with Gasteiger partial charge in [-0.2, -0.15) is 5.10 Å². The number of hydrogen-bond acceptors (Lipinski definition) is 5. The fourth-order valence-electron chi connectivity index (χ4n) is 2.26. The number of nitrogens with one attached hydrogen (secondary N) is 3. The molecule has 0 aliphatic carbocycles. The summed E-state index contributed by atoms with van der Waals surface area (Å²) < 4.78 is 27.6. The summed E-state index contributed by atoms with van der Waals surface area (Å²) in [7, 11) is 0. The summed E-state index contributed by atoms with van der Waals surface area (Å²) in [5.74, 6) is -1.71. The molecule has 2 aromatic heterocycles. The number of benzene rings is 1. The van der Waals surface area contributed by atoms with Crippen molar-refractivity contribution in [3.8, 4) is 10.7 Å². The van der Waals surface area contributed by atoms with Crippen LogP contribution >= 0.6 is 11.3 Å². The van der Waals surface area contributed by atoms with Crippen LogP contribution in [0.2, 0.25) is 0 Å². The molecule has 130 valence electrons. The summed E-state index contributed by atoms with van der Waals surface area (Å²) in [5, 5.41) is 23.2. The predicted octanol–water partition coefficient (Wildman–Crippen LogP) is 2.67. The molecule has 10 heteroatoms. The lowest BCUT2D eigenvalue weighted by Gasteiger charge is -2.18. The maximum absolute atomic E-state index is 13.8. The number of H-pyrrole nitrogens is 1. The normalized spacial score (nSPS) is 12.0. The second-order valence-electron chi connectivity index (χ2n) is 4.96. The Hall–Kier alpha value is -2.85. The molecule has 3 aromatic rings. The third-order valence-corrected chi connectivity index (χ3v) is 4.16. The van der Waals surface area contributed by atoms with Crippen LogP contribution in [0.15, 0.2) is 36.0 Å². The second-order valence-corrected chi connectivity index (χ2v) is 5.86. The third kappa shape index (κ3) is 3.64. The fourth-order valence-corrected chi connectivity index (χ4v) is 2.91. The standard InChI is InChI=1S/C15H13F2N5O2S/c16-8-2-1-3-9(17)12(8)11(7-23)21-15(24)20-10-6-19-22-13(10)14-18-4-5-25-14/h1-6,11,23H,7H2,(H,19,22)(H2,20,21,24). The minimum Gasteiger partial charge on any atom is -0.394 e. The first-order valence-corrected chi connectivity index (χ1v) is 8.03. The molecule has 1 atom stereocenters. The molecule has 1 unspecified atom stereocenters. The first-order chi connectivity index (χ1) is 12.1. The Labute approximate surface area is 144 Å². The topological polar surface area (TPSA) is 103 Å². The number of anilines is 1. The molecule has 25 heavy (non-hydrogen) atoms. The minimum absolute atomic E-state index is 0.346. The molecule has 2 heterocycles. The lowest BCUT2D eigenvalue weighted by molar-refractivity contribution is 0.222. The number of amides is 2. The van der Waals surface area contributed by atoms with Crippen LogP contribution in [0.1, 0.15) is 11.6 Å². The number of carbonyl (C=O) groups excluding carboxylic acids is 1. The average Bonchev–Trinajstić information content (AvgIpc) is 3.24. The second kappa shape index (κ2) is 7.36. The molecule has 0 fully saturated rings. The van der Waals surface area contributed by atoms with Gasteiger partial charge in [0.15, 0.2) is 0 Å². The fraction of sp³-hybridized carbons (Fsp3) is 0.133. The van der Waals surface area contributed by atoms with Gasteiger partial charge in [-0.05, 0) is 12.1 Å². The van der Waals surface area contributed by atoms with Gasteiger partial charge in [-0.1, -0.05) is 6.07 Å². The number of hydrogen-bond donors (Lipinski definition) is 4. The molecule has 0 bridgehead atoms. The number of aromatic amines is 1. The minimum atomic E-state index is -1.24. The van der Waals surface area contributed by atoms with Crippen molar-refractivity contribution in [2.45, 2.75) is 6.04 Å². The summed E-state index contributed by atoms with van der Waals surface area (Å²) in [4.78, 5) is 16.3. The van der Waals surface area contributed by atoms with Gasteiger partial charge in [-0.3, -0.25) is 5.10 Å². The van der Waals surface area contributed by atoms with E-state index in [1.54, 1.807) is 11.6 Å². The molecule has 0 radical (unpaired) electrons. The zero-order valence-electron chi connectivity index (χ0n) is 12.7. The molecule has 0 spiro atoms. The zero-order valence-corrected chi connectivity index (χ0v) is 13.5. The van der Waals surface area contributed by atoms with E-state index in [2.05, 4.69) is 25.8 Å². The number of aliphatic hydroxyl groups is 1. The highest BCUT2D eigenvalue weighted by atomic mass is 32.1. The van der Waals surface area contributed by atoms with Gasteiger partial charge in [0, 0.05) is 17.1 Å². The number of nitrogens with zero attached hydrogens (tertiary/aromatic N) is 2. The van der Waals surface area contributed by atoms with E-state index in [9.17, 15) is 18.7 Å². The van der Waals surface area contributed by atoms with Crippen LogP contribution in [-0.4, -0.2) is 32.9 Å². The van der Waals surface area contributed by atoms with Crippen molar-refractivity contribution in [3.63, 3.8) is 0 Å². The van der Waals surface area contributed by atoms with E-state index in [1.165, 1.54) is 23.6 Å². The van der Waals surface area contributed by atoms with Gasteiger partial charge in [-0.25, -0.2) is 18.6 Å². The Balaban J connectivity index is 1.75. The van der Waals surface area contributed by atoms with E-state index in [0.717, 1.165) is 12.1 Å². The smallest absolute Gasteiger partial charge is 0.319 e. The number of urea groups is 1. The predicted molar refractivity (Wildman–Crippen MR) is 88.0 cm³/mol. The SMILES string of the molecule is O=C(Nc1cn[nH]c1-c1nccs1)NC(CO)c1c(F)cccc1F. The maximum atomic E-state index is 13.8.